The van der Waals surface area contributed by atoms with Crippen molar-refractivity contribution in [2.24, 2.45) is 0 Å². The van der Waals surface area contributed by atoms with Gasteiger partial charge in [-0.1, -0.05) is 6.07 Å². The Morgan fingerprint density at radius 1 is 1.32 bits per heavy atom. The molecule has 0 spiro atoms. The van der Waals surface area contributed by atoms with E-state index < -0.39 is 12.1 Å². The second-order valence-corrected chi connectivity index (χ2v) is 3.43. The first kappa shape index (κ1) is 14.7. The lowest BCUT2D eigenvalue weighted by atomic mass is 10.1. The molecule has 0 aliphatic carbocycles. The number of hydrogen-bond acceptors (Lipinski definition) is 5. The number of benzene rings is 1. The molecule has 0 saturated carbocycles. The van der Waals surface area contributed by atoms with Crippen LogP contribution >= 0.6 is 0 Å². The number of anilines is 1. The maximum atomic E-state index is 13.8. The van der Waals surface area contributed by atoms with Gasteiger partial charge in [0.05, 0.1) is 5.56 Å². The molecule has 0 heterocycles. The van der Waals surface area contributed by atoms with Crippen molar-refractivity contribution in [3.63, 3.8) is 0 Å². The second-order valence-electron chi connectivity index (χ2n) is 3.43. The Balaban J connectivity index is 3.16. The first-order valence-corrected chi connectivity index (χ1v) is 5.28. The molecule has 0 unspecified atom stereocenters. The molecule has 1 N–H and O–H groups in total. The number of nitrogens with zero attached hydrogens (tertiary/aromatic N) is 2. The Kier molecular flexibility index (Phi) is 5.49. The lowest BCUT2D eigenvalue weighted by Gasteiger charge is -2.18. The average molecular weight is 261 g/mol. The number of hydrogen-bond donors (Lipinski definition) is 1. The molecule has 1 aromatic rings. The number of nitriles is 2. The van der Waals surface area contributed by atoms with Gasteiger partial charge in [0.15, 0.2) is 6.29 Å². The molecule has 0 aliphatic heterocycles. The summed E-state index contributed by atoms with van der Waals surface area (Å²) >= 11 is 0. The summed E-state index contributed by atoms with van der Waals surface area (Å²) in [5.41, 5.74) is 0.400. The molecule has 0 fully saturated rings. The third-order valence-corrected chi connectivity index (χ3v) is 2.33. The van der Waals surface area contributed by atoms with Gasteiger partial charge in [0.25, 0.3) is 0 Å². The summed E-state index contributed by atoms with van der Waals surface area (Å²) < 4.78 is 23.8. The smallest absolute Gasteiger partial charge is 0.187 e. The number of ether oxygens (including phenoxy) is 2. The Hall–Kier alpha value is -2.41. The van der Waals surface area contributed by atoms with Gasteiger partial charge in [0, 0.05) is 26.1 Å². The molecular weight excluding hydrogens is 249 g/mol. The van der Waals surface area contributed by atoms with Crippen LogP contribution in [0.15, 0.2) is 30.0 Å². The van der Waals surface area contributed by atoms with E-state index in [1.165, 1.54) is 32.6 Å². The van der Waals surface area contributed by atoms with E-state index in [0.29, 0.717) is 5.69 Å². The summed E-state index contributed by atoms with van der Waals surface area (Å²) in [5.74, 6) is -0.512. The fraction of sp³-hybridized carbons (Fsp3) is 0.231. The molecular formula is C13H12FN3O2. The lowest BCUT2D eigenvalue weighted by Crippen LogP contribution is -2.09. The van der Waals surface area contributed by atoms with Gasteiger partial charge in [0.2, 0.25) is 0 Å². The number of methoxy groups -OCH3 is 2. The Morgan fingerprint density at radius 3 is 2.47 bits per heavy atom. The standard InChI is InChI=1S/C13H12FN3O2/c1-18-13(19-2)12-10(14)4-3-5-11(12)17-8-9(6-15)7-16/h3-5,8,13,17H,1-2H3. The summed E-state index contributed by atoms with van der Waals surface area (Å²) in [6.45, 7) is 0. The average Bonchev–Trinajstić information content (AvgIpc) is 2.43. The molecule has 5 nitrogen and oxygen atoms in total. The molecule has 0 atom stereocenters. The van der Waals surface area contributed by atoms with Gasteiger partial charge in [0.1, 0.15) is 23.5 Å². The van der Waals surface area contributed by atoms with E-state index in [2.05, 4.69) is 5.32 Å². The van der Waals surface area contributed by atoms with Crippen LogP contribution in [0, 0.1) is 28.5 Å². The quantitative estimate of drug-likeness (QED) is 0.650. The summed E-state index contributed by atoms with van der Waals surface area (Å²) in [6, 6.07) is 7.74. The highest BCUT2D eigenvalue weighted by atomic mass is 19.1. The normalized spacial score (nSPS) is 9.58. The zero-order valence-corrected chi connectivity index (χ0v) is 10.5. The summed E-state index contributed by atoms with van der Waals surface area (Å²) in [5, 5.41) is 19.9. The summed E-state index contributed by atoms with van der Waals surface area (Å²) in [6.07, 6.45) is 0.311. The Bertz CT molecular complexity index is 538. The van der Waals surface area contributed by atoms with Crippen molar-refractivity contribution in [3.8, 4) is 12.1 Å². The summed E-state index contributed by atoms with van der Waals surface area (Å²) in [7, 11) is 2.77. The highest BCUT2D eigenvalue weighted by Gasteiger charge is 2.18. The van der Waals surface area contributed by atoms with Crippen LogP contribution in [0.4, 0.5) is 10.1 Å². The third kappa shape index (κ3) is 3.52. The van der Waals surface area contributed by atoms with Gasteiger partial charge in [-0.25, -0.2) is 4.39 Å². The van der Waals surface area contributed by atoms with Crippen LogP contribution < -0.4 is 5.32 Å². The van der Waals surface area contributed by atoms with Crippen molar-refractivity contribution in [1.29, 1.82) is 10.5 Å². The van der Waals surface area contributed by atoms with Crippen molar-refractivity contribution < 1.29 is 13.9 Å². The van der Waals surface area contributed by atoms with E-state index in [9.17, 15) is 4.39 Å². The zero-order chi connectivity index (χ0) is 14.3. The monoisotopic (exact) mass is 261 g/mol. The van der Waals surface area contributed by atoms with Gasteiger partial charge >= 0.3 is 0 Å². The van der Waals surface area contributed by atoms with Crippen molar-refractivity contribution in [3.05, 3.63) is 41.4 Å². The molecule has 0 saturated heterocycles. The van der Waals surface area contributed by atoms with Gasteiger partial charge in [-0.3, -0.25) is 0 Å². The third-order valence-electron chi connectivity index (χ3n) is 2.33. The molecule has 98 valence electrons. The number of allylic oxidation sites excluding steroid dienone is 1. The van der Waals surface area contributed by atoms with Gasteiger partial charge < -0.3 is 14.8 Å². The zero-order valence-electron chi connectivity index (χ0n) is 10.5. The largest absolute Gasteiger partial charge is 0.359 e. The van der Waals surface area contributed by atoms with E-state index in [1.807, 2.05) is 0 Å². The van der Waals surface area contributed by atoms with Gasteiger partial charge in [-0.05, 0) is 12.1 Å². The van der Waals surface area contributed by atoms with Crippen LogP contribution in [0.1, 0.15) is 11.9 Å². The van der Waals surface area contributed by atoms with E-state index in [1.54, 1.807) is 18.2 Å². The number of halogens is 1. The predicted molar refractivity (Wildman–Crippen MR) is 66.1 cm³/mol. The molecule has 19 heavy (non-hydrogen) atoms. The van der Waals surface area contributed by atoms with Crippen LogP contribution in [-0.2, 0) is 9.47 Å². The van der Waals surface area contributed by atoms with E-state index in [4.69, 9.17) is 20.0 Å². The number of nitrogens with one attached hydrogen (secondary N) is 1. The fourth-order valence-electron chi connectivity index (χ4n) is 1.47. The minimum Gasteiger partial charge on any atom is -0.359 e. The minimum absolute atomic E-state index is 0.124. The highest BCUT2D eigenvalue weighted by molar-refractivity contribution is 5.56. The maximum absolute atomic E-state index is 13.8. The highest BCUT2D eigenvalue weighted by Crippen LogP contribution is 2.28. The van der Waals surface area contributed by atoms with Crippen LogP contribution in [0.3, 0.4) is 0 Å². The SMILES string of the molecule is COC(OC)c1c(F)cccc1NC=C(C#N)C#N. The lowest BCUT2D eigenvalue weighted by molar-refractivity contribution is -0.107. The van der Waals surface area contributed by atoms with Crippen molar-refractivity contribution in [2.75, 3.05) is 19.5 Å². The first-order valence-electron chi connectivity index (χ1n) is 5.28. The second kappa shape index (κ2) is 7.12. The van der Waals surface area contributed by atoms with Crippen molar-refractivity contribution >= 4 is 5.69 Å². The maximum Gasteiger partial charge on any atom is 0.187 e. The van der Waals surface area contributed by atoms with Gasteiger partial charge in [-0.15, -0.1) is 0 Å². The predicted octanol–water partition coefficient (Wildman–Crippen LogP) is 2.46. The summed E-state index contributed by atoms with van der Waals surface area (Å²) in [4.78, 5) is 0. The van der Waals surface area contributed by atoms with E-state index in [0.717, 1.165) is 0 Å². The number of rotatable bonds is 5. The molecule has 0 aliphatic rings. The molecule has 1 aromatic carbocycles. The van der Waals surface area contributed by atoms with Crippen LogP contribution in [0.2, 0.25) is 0 Å². The Labute approximate surface area is 110 Å². The molecule has 1 rings (SSSR count). The van der Waals surface area contributed by atoms with E-state index in [-0.39, 0.29) is 11.1 Å². The van der Waals surface area contributed by atoms with Crippen molar-refractivity contribution in [1.82, 2.24) is 0 Å². The fourth-order valence-corrected chi connectivity index (χ4v) is 1.47. The molecule has 0 aromatic heterocycles. The van der Waals surface area contributed by atoms with Gasteiger partial charge in [-0.2, -0.15) is 10.5 Å². The van der Waals surface area contributed by atoms with Crippen molar-refractivity contribution in [2.45, 2.75) is 6.29 Å². The molecule has 0 radical (unpaired) electrons. The van der Waals surface area contributed by atoms with E-state index >= 15 is 0 Å². The van der Waals surface area contributed by atoms with Crippen LogP contribution in [-0.4, -0.2) is 14.2 Å². The van der Waals surface area contributed by atoms with Crippen LogP contribution in [0.5, 0.6) is 0 Å². The van der Waals surface area contributed by atoms with Crippen LogP contribution in [0.25, 0.3) is 0 Å². The molecule has 6 heteroatoms. The molecule has 0 bridgehead atoms. The Morgan fingerprint density at radius 2 is 1.95 bits per heavy atom. The topological polar surface area (TPSA) is 78.1 Å². The molecule has 0 amide bonds. The first-order chi connectivity index (χ1) is 9.17. The minimum atomic E-state index is -0.885.